The van der Waals surface area contributed by atoms with Gasteiger partial charge in [0.15, 0.2) is 0 Å². The van der Waals surface area contributed by atoms with E-state index in [0.717, 1.165) is 25.2 Å². The van der Waals surface area contributed by atoms with E-state index in [-0.39, 0.29) is 23.1 Å². The van der Waals surface area contributed by atoms with E-state index < -0.39 is 35.6 Å². The number of benzene rings is 2. The number of piperazine rings is 2. The molecule has 1 atom stereocenters. The number of aromatic nitrogens is 1. The first-order valence-corrected chi connectivity index (χ1v) is 15.2. The lowest BCUT2D eigenvalue weighted by atomic mass is 9.81. The number of anilines is 2. The Hall–Kier alpha value is -4.06. The van der Waals surface area contributed by atoms with Crippen molar-refractivity contribution in [3.8, 4) is 11.1 Å². The number of fused-ring (bicyclic) bond motifs is 1. The minimum atomic E-state index is -4.72. The number of alkyl halides is 4. The Kier molecular flexibility index (Phi) is 9.14. The fraction of sp³-hybridized carbons (Fsp3) is 0.441. The lowest BCUT2D eigenvalue weighted by molar-refractivity contribution is -0.138. The summed E-state index contributed by atoms with van der Waals surface area (Å²) in [5, 5.41) is 0. The number of nitrogens with zero attached hydrogens (tertiary/aromatic N) is 5. The summed E-state index contributed by atoms with van der Waals surface area (Å²) in [5.74, 6) is -0.269. The van der Waals surface area contributed by atoms with Gasteiger partial charge in [0.25, 0.3) is 0 Å². The first-order valence-electron chi connectivity index (χ1n) is 15.2. The Balaban J connectivity index is 1.52. The summed E-state index contributed by atoms with van der Waals surface area (Å²) in [6.45, 7) is 9.43. The monoisotopic (exact) mass is 643 g/mol. The molecule has 2 aliphatic heterocycles. The molecule has 3 aromatic rings. The number of likely N-dealkylation sites (N-methyl/N-ethyl adjacent to an activating group) is 1. The zero-order valence-electron chi connectivity index (χ0n) is 26.6. The summed E-state index contributed by atoms with van der Waals surface area (Å²) in [4.78, 5) is 38.5. The predicted octanol–water partition coefficient (Wildman–Crippen LogP) is 5.98. The van der Waals surface area contributed by atoms with Gasteiger partial charge in [0.2, 0.25) is 11.8 Å². The lowest BCUT2D eigenvalue weighted by Gasteiger charge is -2.47. The maximum Gasteiger partial charge on any atom is 0.416 e. The SMILES string of the molecule is CC(=O)N1CCN2CCN(c3cc(-c4ccc(F)cc4C)c(N(C)C(=O)C(C)(C)c4cc(CF)cc(C(F)(F)F)c4)cn3)CC2C1. The normalized spacial score (nSPS) is 17.6. The number of halogens is 5. The first-order chi connectivity index (χ1) is 21.6. The van der Waals surface area contributed by atoms with Crippen LogP contribution in [-0.2, 0) is 27.9 Å². The third-order valence-electron chi connectivity index (χ3n) is 9.21. The molecule has 2 amide bonds. The third kappa shape index (κ3) is 6.58. The van der Waals surface area contributed by atoms with Gasteiger partial charge in [-0.25, -0.2) is 13.8 Å². The Morgan fingerprint density at radius 3 is 2.30 bits per heavy atom. The predicted molar refractivity (Wildman–Crippen MR) is 167 cm³/mol. The standard InChI is InChI=1S/C34H38F5N5O2/c1-21-12-26(36)6-7-28(21)29-16-31(44-11-9-42-8-10-43(22(2)45)19-27(42)20-44)40-18-30(29)41(5)32(46)33(3,4)24-13-23(17-35)14-25(15-24)34(37,38)39/h6-7,12-16,18,27H,8-11,17,19-20H2,1-5H3. The number of carbonyl (C=O) groups is 2. The number of amides is 2. The Morgan fingerprint density at radius 2 is 1.65 bits per heavy atom. The number of rotatable bonds is 6. The van der Waals surface area contributed by atoms with E-state index in [1.54, 1.807) is 26.1 Å². The number of pyridine rings is 1. The van der Waals surface area contributed by atoms with E-state index in [0.29, 0.717) is 54.4 Å². The van der Waals surface area contributed by atoms with Crippen molar-refractivity contribution < 1.29 is 31.5 Å². The van der Waals surface area contributed by atoms with Crippen LogP contribution >= 0.6 is 0 Å². The van der Waals surface area contributed by atoms with Crippen LogP contribution in [0, 0.1) is 12.7 Å². The second-order valence-electron chi connectivity index (χ2n) is 12.7. The summed E-state index contributed by atoms with van der Waals surface area (Å²) < 4.78 is 68.8. The molecule has 3 heterocycles. The van der Waals surface area contributed by atoms with Crippen LogP contribution < -0.4 is 9.80 Å². The average molecular weight is 644 g/mol. The molecule has 12 heteroatoms. The molecule has 0 bridgehead atoms. The fourth-order valence-electron chi connectivity index (χ4n) is 6.42. The molecule has 7 nitrogen and oxygen atoms in total. The maximum atomic E-state index is 14.2. The molecule has 5 rings (SSSR count). The number of aryl methyl sites for hydroxylation is 1. The molecule has 0 aliphatic carbocycles. The highest BCUT2D eigenvalue weighted by Crippen LogP contribution is 2.39. The minimum Gasteiger partial charge on any atom is -0.354 e. The van der Waals surface area contributed by atoms with Crippen LogP contribution in [-0.4, -0.2) is 79.0 Å². The summed E-state index contributed by atoms with van der Waals surface area (Å²) in [6.07, 6.45) is -3.17. The molecule has 2 fully saturated rings. The maximum absolute atomic E-state index is 14.2. The molecule has 0 N–H and O–H groups in total. The first kappa shape index (κ1) is 33.3. The van der Waals surface area contributed by atoms with Gasteiger partial charge in [-0.15, -0.1) is 0 Å². The van der Waals surface area contributed by atoms with Crippen molar-refractivity contribution in [2.75, 3.05) is 56.1 Å². The van der Waals surface area contributed by atoms with Crippen molar-refractivity contribution in [1.82, 2.24) is 14.8 Å². The third-order valence-corrected chi connectivity index (χ3v) is 9.21. The Labute approximate surface area is 265 Å². The molecular formula is C34H38F5N5O2. The quantitative estimate of drug-likeness (QED) is 0.310. The second kappa shape index (κ2) is 12.6. The molecule has 0 radical (unpaired) electrons. The van der Waals surface area contributed by atoms with Crippen molar-refractivity contribution >= 4 is 23.3 Å². The molecule has 1 aromatic heterocycles. The molecule has 46 heavy (non-hydrogen) atoms. The number of hydrogen-bond donors (Lipinski definition) is 0. The van der Waals surface area contributed by atoms with E-state index >= 15 is 0 Å². The Morgan fingerprint density at radius 1 is 0.957 bits per heavy atom. The van der Waals surface area contributed by atoms with Gasteiger partial charge in [-0.2, -0.15) is 13.2 Å². The van der Waals surface area contributed by atoms with Crippen molar-refractivity contribution in [3.05, 3.63) is 76.7 Å². The van der Waals surface area contributed by atoms with Crippen LogP contribution in [0.4, 0.5) is 33.5 Å². The van der Waals surface area contributed by atoms with Crippen molar-refractivity contribution in [2.45, 2.75) is 52.0 Å². The van der Waals surface area contributed by atoms with Crippen molar-refractivity contribution in [1.29, 1.82) is 0 Å². The highest BCUT2D eigenvalue weighted by atomic mass is 19.4. The molecular weight excluding hydrogens is 605 g/mol. The van der Waals surface area contributed by atoms with Gasteiger partial charge >= 0.3 is 6.18 Å². The van der Waals surface area contributed by atoms with Crippen LogP contribution in [0.25, 0.3) is 11.1 Å². The zero-order valence-corrected chi connectivity index (χ0v) is 26.6. The number of carbonyl (C=O) groups excluding carboxylic acids is 2. The molecule has 2 aromatic carbocycles. The molecule has 0 saturated carbocycles. The van der Waals surface area contributed by atoms with Crippen LogP contribution in [0.3, 0.4) is 0 Å². The largest absolute Gasteiger partial charge is 0.416 e. The van der Waals surface area contributed by atoms with Gasteiger partial charge in [-0.05, 0) is 73.4 Å². The van der Waals surface area contributed by atoms with Gasteiger partial charge < -0.3 is 14.7 Å². The van der Waals surface area contributed by atoms with Crippen LogP contribution in [0.1, 0.15) is 43.0 Å². The van der Waals surface area contributed by atoms with Crippen LogP contribution in [0.2, 0.25) is 0 Å². The van der Waals surface area contributed by atoms with E-state index in [4.69, 9.17) is 4.98 Å². The molecule has 2 aliphatic rings. The lowest BCUT2D eigenvalue weighted by Crippen LogP contribution is -2.62. The van der Waals surface area contributed by atoms with E-state index in [2.05, 4.69) is 9.80 Å². The topological polar surface area (TPSA) is 60.0 Å². The Bertz CT molecular complexity index is 1640. The highest BCUT2D eigenvalue weighted by molar-refractivity contribution is 6.03. The fourth-order valence-corrected chi connectivity index (χ4v) is 6.42. The smallest absolute Gasteiger partial charge is 0.354 e. The van der Waals surface area contributed by atoms with E-state index in [1.807, 2.05) is 11.0 Å². The van der Waals surface area contributed by atoms with Gasteiger partial charge in [0, 0.05) is 64.8 Å². The van der Waals surface area contributed by atoms with Gasteiger partial charge in [-0.1, -0.05) is 12.1 Å². The van der Waals surface area contributed by atoms with Gasteiger partial charge in [0.1, 0.15) is 18.3 Å². The highest BCUT2D eigenvalue weighted by Gasteiger charge is 2.38. The average Bonchev–Trinajstić information content (AvgIpc) is 3.02. The summed E-state index contributed by atoms with van der Waals surface area (Å²) in [7, 11) is 1.52. The minimum absolute atomic E-state index is 0.0286. The molecule has 1 unspecified atom stereocenters. The zero-order chi connectivity index (χ0) is 33.6. The summed E-state index contributed by atoms with van der Waals surface area (Å²) in [5.41, 5.74) is -0.388. The second-order valence-corrected chi connectivity index (χ2v) is 12.7. The summed E-state index contributed by atoms with van der Waals surface area (Å²) >= 11 is 0. The van der Waals surface area contributed by atoms with Gasteiger partial charge in [0.05, 0.1) is 22.9 Å². The number of hydrogen-bond acceptors (Lipinski definition) is 5. The van der Waals surface area contributed by atoms with E-state index in [1.165, 1.54) is 44.0 Å². The van der Waals surface area contributed by atoms with E-state index in [9.17, 15) is 31.5 Å². The van der Waals surface area contributed by atoms with Gasteiger partial charge in [-0.3, -0.25) is 14.5 Å². The van der Waals surface area contributed by atoms with Crippen LogP contribution in [0.5, 0.6) is 0 Å². The molecule has 2 saturated heterocycles. The molecule has 0 spiro atoms. The molecule has 246 valence electrons. The van der Waals surface area contributed by atoms with Crippen molar-refractivity contribution in [2.24, 2.45) is 0 Å². The van der Waals surface area contributed by atoms with Crippen LogP contribution in [0.15, 0.2) is 48.7 Å². The van der Waals surface area contributed by atoms with Crippen molar-refractivity contribution in [3.63, 3.8) is 0 Å². The summed E-state index contributed by atoms with van der Waals surface area (Å²) in [6, 6.07) is 9.23.